The monoisotopic (exact) mass is 407 g/mol. The molecule has 0 radical (unpaired) electrons. The summed E-state index contributed by atoms with van der Waals surface area (Å²) in [5.74, 6) is 0.751. The standard InChI is InChI=1S/C28H25NS/c1-19(21-10-5-3-6-11-21)23-16-17-27-26(18-23)29-25-15-9-14-24(28(25)30-27)20(2)22-12-7-4-8-13-22/h3-15,17-20H,16H2,1-2H3. The van der Waals surface area contributed by atoms with Gasteiger partial charge in [0, 0.05) is 21.6 Å². The van der Waals surface area contributed by atoms with Crippen LogP contribution < -0.4 is 0 Å². The Morgan fingerprint density at radius 3 is 2.13 bits per heavy atom. The summed E-state index contributed by atoms with van der Waals surface area (Å²) in [5.41, 5.74) is 7.71. The molecule has 2 unspecified atom stereocenters. The molecule has 0 bridgehead atoms. The van der Waals surface area contributed by atoms with Gasteiger partial charge in [-0.25, -0.2) is 4.99 Å². The summed E-state index contributed by atoms with van der Waals surface area (Å²) in [7, 11) is 0. The van der Waals surface area contributed by atoms with Gasteiger partial charge in [-0.05, 0) is 35.3 Å². The predicted octanol–water partition coefficient (Wildman–Crippen LogP) is 8.03. The van der Waals surface area contributed by atoms with E-state index in [2.05, 4.69) is 105 Å². The first-order valence-electron chi connectivity index (χ1n) is 10.6. The van der Waals surface area contributed by atoms with Crippen molar-refractivity contribution in [3.63, 3.8) is 0 Å². The number of allylic oxidation sites excluding steroid dienone is 4. The van der Waals surface area contributed by atoms with Crippen molar-refractivity contribution in [3.05, 3.63) is 118 Å². The number of thioether (sulfide) groups is 1. The first-order valence-corrected chi connectivity index (χ1v) is 11.4. The summed E-state index contributed by atoms with van der Waals surface area (Å²) < 4.78 is 0. The molecule has 0 N–H and O–H groups in total. The summed E-state index contributed by atoms with van der Waals surface area (Å²) in [6.45, 7) is 4.59. The van der Waals surface area contributed by atoms with Crippen LogP contribution in [0.25, 0.3) is 0 Å². The van der Waals surface area contributed by atoms with E-state index in [1.54, 1.807) is 0 Å². The quantitative estimate of drug-likeness (QED) is 0.426. The lowest BCUT2D eigenvalue weighted by Gasteiger charge is -2.26. The van der Waals surface area contributed by atoms with Crippen molar-refractivity contribution in [2.75, 3.05) is 0 Å². The van der Waals surface area contributed by atoms with Crippen LogP contribution >= 0.6 is 11.8 Å². The first kappa shape index (κ1) is 19.1. The molecule has 0 fully saturated rings. The van der Waals surface area contributed by atoms with E-state index in [-0.39, 0.29) is 0 Å². The average molecular weight is 408 g/mol. The molecule has 148 valence electrons. The molecule has 0 saturated carbocycles. The lowest BCUT2D eigenvalue weighted by molar-refractivity contribution is 0.860. The van der Waals surface area contributed by atoms with Crippen LogP contribution in [0.4, 0.5) is 5.69 Å². The van der Waals surface area contributed by atoms with E-state index < -0.39 is 0 Å². The molecule has 0 spiro atoms. The molecule has 1 aliphatic heterocycles. The zero-order valence-electron chi connectivity index (χ0n) is 17.4. The summed E-state index contributed by atoms with van der Waals surface area (Å²) in [4.78, 5) is 7.68. The van der Waals surface area contributed by atoms with Crippen molar-refractivity contribution >= 4 is 23.2 Å². The Kier molecular flexibility index (Phi) is 5.18. The highest BCUT2D eigenvalue weighted by atomic mass is 32.2. The van der Waals surface area contributed by atoms with Gasteiger partial charge in [-0.3, -0.25) is 0 Å². The molecule has 3 aromatic carbocycles. The minimum absolute atomic E-state index is 0.346. The van der Waals surface area contributed by atoms with Gasteiger partial charge >= 0.3 is 0 Å². The number of rotatable bonds is 4. The normalized spacial score (nSPS) is 17.1. The molecule has 2 heteroatoms. The highest BCUT2D eigenvalue weighted by molar-refractivity contribution is 8.04. The van der Waals surface area contributed by atoms with Crippen LogP contribution in [0.5, 0.6) is 0 Å². The second-order valence-electron chi connectivity index (χ2n) is 8.05. The number of fused-ring (bicyclic) bond motifs is 2. The lowest BCUT2D eigenvalue weighted by Crippen LogP contribution is -2.11. The molecule has 1 nitrogen and oxygen atoms in total. The van der Waals surface area contributed by atoms with Crippen molar-refractivity contribution in [1.29, 1.82) is 0 Å². The third-order valence-corrected chi connectivity index (χ3v) is 7.44. The van der Waals surface area contributed by atoms with Crippen LogP contribution in [0.1, 0.15) is 48.8 Å². The molecule has 0 aromatic heterocycles. The van der Waals surface area contributed by atoms with Gasteiger partial charge in [-0.15, -0.1) is 0 Å². The largest absolute Gasteiger partial charge is 0.247 e. The Morgan fingerprint density at radius 2 is 1.43 bits per heavy atom. The van der Waals surface area contributed by atoms with E-state index in [1.165, 1.54) is 32.1 Å². The fraction of sp³-hybridized carbons (Fsp3) is 0.179. The van der Waals surface area contributed by atoms with Crippen LogP contribution in [0.15, 0.2) is 111 Å². The zero-order chi connectivity index (χ0) is 20.5. The van der Waals surface area contributed by atoms with E-state index in [4.69, 9.17) is 4.99 Å². The maximum Gasteiger partial charge on any atom is 0.0779 e. The molecule has 2 aliphatic rings. The minimum atomic E-state index is 0.346. The summed E-state index contributed by atoms with van der Waals surface area (Å²) in [6.07, 6.45) is 5.67. The minimum Gasteiger partial charge on any atom is -0.247 e. The van der Waals surface area contributed by atoms with Crippen LogP contribution in [-0.4, -0.2) is 5.71 Å². The molecular weight excluding hydrogens is 382 g/mol. The maximum absolute atomic E-state index is 5.08. The Morgan fingerprint density at radius 1 is 0.767 bits per heavy atom. The van der Waals surface area contributed by atoms with Gasteiger partial charge in [-0.2, -0.15) is 0 Å². The molecule has 5 rings (SSSR count). The molecule has 0 saturated heterocycles. The third kappa shape index (κ3) is 3.57. The van der Waals surface area contributed by atoms with Gasteiger partial charge in [0.1, 0.15) is 0 Å². The molecule has 1 aliphatic carbocycles. The molecule has 3 aromatic rings. The highest BCUT2D eigenvalue weighted by Crippen LogP contribution is 2.47. The van der Waals surface area contributed by atoms with E-state index in [0.29, 0.717) is 11.8 Å². The van der Waals surface area contributed by atoms with Crippen molar-refractivity contribution < 1.29 is 0 Å². The summed E-state index contributed by atoms with van der Waals surface area (Å²) in [5, 5.41) is 0. The fourth-order valence-corrected chi connectivity index (χ4v) is 5.48. The fourth-order valence-electron chi connectivity index (χ4n) is 4.30. The van der Waals surface area contributed by atoms with Crippen LogP contribution in [0.3, 0.4) is 0 Å². The Bertz CT molecular complexity index is 1160. The van der Waals surface area contributed by atoms with E-state index in [9.17, 15) is 0 Å². The zero-order valence-corrected chi connectivity index (χ0v) is 18.2. The van der Waals surface area contributed by atoms with Crippen LogP contribution in [0.2, 0.25) is 0 Å². The summed E-state index contributed by atoms with van der Waals surface area (Å²) >= 11 is 1.89. The number of hydrogen-bond donors (Lipinski definition) is 0. The number of hydrogen-bond acceptors (Lipinski definition) is 2. The predicted molar refractivity (Wildman–Crippen MR) is 129 cm³/mol. The van der Waals surface area contributed by atoms with Gasteiger partial charge in [0.25, 0.3) is 0 Å². The molecule has 0 amide bonds. The highest BCUT2D eigenvalue weighted by Gasteiger charge is 2.25. The first-order chi connectivity index (χ1) is 14.7. The van der Waals surface area contributed by atoms with Crippen LogP contribution in [-0.2, 0) is 0 Å². The number of nitrogens with zero attached hydrogens (tertiary/aromatic N) is 1. The molecular formula is C28H25NS. The molecule has 1 heterocycles. The van der Waals surface area contributed by atoms with Gasteiger partial charge in [-0.1, -0.05) is 110 Å². The van der Waals surface area contributed by atoms with Crippen molar-refractivity contribution in [1.82, 2.24) is 0 Å². The van der Waals surface area contributed by atoms with Crippen molar-refractivity contribution in [2.24, 2.45) is 4.99 Å². The Balaban J connectivity index is 1.50. The van der Waals surface area contributed by atoms with E-state index in [0.717, 1.165) is 17.8 Å². The van der Waals surface area contributed by atoms with Gasteiger partial charge in [0.05, 0.1) is 11.4 Å². The lowest BCUT2D eigenvalue weighted by atomic mass is 9.87. The third-order valence-electron chi connectivity index (χ3n) is 6.20. The Labute approximate surface area is 183 Å². The summed E-state index contributed by atoms with van der Waals surface area (Å²) in [6, 6.07) is 28.1. The van der Waals surface area contributed by atoms with Crippen molar-refractivity contribution in [2.45, 2.75) is 37.0 Å². The Hall–Kier alpha value is -2.84. The molecule has 30 heavy (non-hydrogen) atoms. The van der Waals surface area contributed by atoms with E-state index >= 15 is 0 Å². The van der Waals surface area contributed by atoms with Gasteiger partial charge < -0.3 is 0 Å². The topological polar surface area (TPSA) is 12.4 Å². The van der Waals surface area contributed by atoms with Crippen molar-refractivity contribution in [3.8, 4) is 0 Å². The van der Waals surface area contributed by atoms with Crippen LogP contribution in [0, 0.1) is 0 Å². The second-order valence-corrected chi connectivity index (χ2v) is 9.10. The smallest absolute Gasteiger partial charge is 0.0779 e. The maximum atomic E-state index is 5.08. The SMILES string of the molecule is CC(C1=CC2=Nc3cccc(C(C)c4ccccc4)c3SC2=CC1)c1ccccc1. The number of benzene rings is 3. The van der Waals surface area contributed by atoms with E-state index in [1.807, 2.05) is 11.8 Å². The number of aliphatic imine (C=N–C) groups is 1. The molecule has 2 atom stereocenters. The van der Waals surface area contributed by atoms with Gasteiger partial charge in [0.2, 0.25) is 0 Å². The second kappa shape index (κ2) is 8.12. The average Bonchev–Trinajstić information content (AvgIpc) is 2.82. The van der Waals surface area contributed by atoms with Gasteiger partial charge in [0.15, 0.2) is 0 Å².